The number of aromatic nitrogens is 1. The summed E-state index contributed by atoms with van der Waals surface area (Å²) < 4.78 is 11.4. The third kappa shape index (κ3) is 2.85. The van der Waals surface area contributed by atoms with Crippen molar-refractivity contribution in [3.8, 4) is 0 Å². The highest BCUT2D eigenvalue weighted by atomic mass is 35.5. The number of oxazole rings is 1. The average molecular weight is 307 g/mol. The second-order valence-electron chi connectivity index (χ2n) is 4.42. The van der Waals surface area contributed by atoms with E-state index in [-0.39, 0.29) is 19.0 Å². The lowest BCUT2D eigenvalue weighted by Gasteiger charge is -2.04. The Morgan fingerprint density at radius 2 is 2.19 bits per heavy atom. The number of rotatable bonds is 4. The molecule has 0 saturated carbocycles. The Hall–Kier alpha value is -2.47. The zero-order chi connectivity index (χ0) is 14.8. The van der Waals surface area contributed by atoms with Gasteiger partial charge < -0.3 is 14.2 Å². The lowest BCUT2D eigenvalue weighted by Crippen LogP contribution is -2.30. The van der Waals surface area contributed by atoms with E-state index in [9.17, 15) is 9.59 Å². The minimum Gasteiger partial charge on any atom is -0.467 e. The van der Waals surface area contributed by atoms with Crippen LogP contribution in [0.25, 0.3) is 11.1 Å². The number of benzene rings is 1. The van der Waals surface area contributed by atoms with Gasteiger partial charge in [-0.2, -0.15) is 0 Å². The summed E-state index contributed by atoms with van der Waals surface area (Å²) in [7, 11) is 0. The number of hydrogen-bond donors (Lipinski definition) is 1. The zero-order valence-electron chi connectivity index (χ0n) is 10.8. The first-order valence-electron chi connectivity index (χ1n) is 6.21. The van der Waals surface area contributed by atoms with Gasteiger partial charge in [0.05, 0.1) is 18.3 Å². The quantitative estimate of drug-likeness (QED) is 0.801. The summed E-state index contributed by atoms with van der Waals surface area (Å²) in [6, 6.07) is 8.28. The van der Waals surface area contributed by atoms with Crippen molar-refractivity contribution < 1.29 is 13.6 Å². The summed E-state index contributed by atoms with van der Waals surface area (Å²) in [6.07, 6.45) is 1.53. The minimum absolute atomic E-state index is 0.146. The first-order chi connectivity index (χ1) is 10.1. The van der Waals surface area contributed by atoms with Crippen LogP contribution in [-0.4, -0.2) is 10.5 Å². The van der Waals surface area contributed by atoms with E-state index in [4.69, 9.17) is 20.4 Å². The monoisotopic (exact) mass is 306 g/mol. The fourth-order valence-corrected chi connectivity index (χ4v) is 2.15. The van der Waals surface area contributed by atoms with Gasteiger partial charge in [0.25, 0.3) is 0 Å². The third-order valence-electron chi connectivity index (χ3n) is 2.97. The van der Waals surface area contributed by atoms with Crippen molar-refractivity contribution in [2.45, 2.75) is 13.1 Å². The summed E-state index contributed by atoms with van der Waals surface area (Å²) in [5, 5.41) is 3.13. The summed E-state index contributed by atoms with van der Waals surface area (Å²) >= 11 is 5.90. The van der Waals surface area contributed by atoms with Crippen molar-refractivity contribution in [3.63, 3.8) is 0 Å². The normalized spacial score (nSPS) is 10.9. The van der Waals surface area contributed by atoms with E-state index >= 15 is 0 Å². The number of fused-ring (bicyclic) bond motifs is 1. The van der Waals surface area contributed by atoms with Crippen LogP contribution < -0.4 is 11.1 Å². The lowest BCUT2D eigenvalue weighted by atomic mass is 10.3. The minimum atomic E-state index is -0.597. The number of hydrogen-bond acceptors (Lipinski definition) is 4. The maximum atomic E-state index is 11.9. The second kappa shape index (κ2) is 5.49. The first-order valence-corrected chi connectivity index (χ1v) is 6.59. The molecule has 1 N–H and O–H groups in total. The Bertz CT molecular complexity index is 832. The summed E-state index contributed by atoms with van der Waals surface area (Å²) in [4.78, 5) is 23.7. The molecule has 0 radical (unpaired) electrons. The molecule has 3 aromatic rings. The molecular formula is C14H11ClN2O4. The molecule has 2 heterocycles. The standard InChI is InChI=1S/C14H11ClN2O4/c15-9-3-4-12-11(6-9)17(14(19)21-12)8-13(18)16-7-10-2-1-5-20-10/h1-6H,7-8H2,(H,16,18). The van der Waals surface area contributed by atoms with Gasteiger partial charge in [-0.05, 0) is 30.3 Å². The molecule has 2 aromatic heterocycles. The molecule has 0 aliphatic heterocycles. The Labute approximate surface area is 123 Å². The SMILES string of the molecule is O=C(Cn1c(=O)oc2ccc(Cl)cc21)NCc1ccco1. The molecule has 7 heteroatoms. The molecule has 0 aliphatic carbocycles. The molecule has 0 aliphatic rings. The van der Waals surface area contributed by atoms with Gasteiger partial charge in [-0.1, -0.05) is 11.6 Å². The van der Waals surface area contributed by atoms with Crippen LogP contribution in [0.2, 0.25) is 5.02 Å². The average Bonchev–Trinajstić information content (AvgIpc) is 3.06. The first kappa shape index (κ1) is 13.5. The topological polar surface area (TPSA) is 77.4 Å². The van der Waals surface area contributed by atoms with Crippen molar-refractivity contribution in [3.05, 3.63) is 57.9 Å². The summed E-state index contributed by atoms with van der Waals surface area (Å²) in [6.45, 7) is 0.115. The zero-order valence-corrected chi connectivity index (χ0v) is 11.6. The summed E-state index contributed by atoms with van der Waals surface area (Å²) in [5.41, 5.74) is 0.879. The number of carbonyl (C=O) groups excluding carboxylic acids is 1. The lowest BCUT2D eigenvalue weighted by molar-refractivity contribution is -0.121. The Kier molecular flexibility index (Phi) is 3.53. The van der Waals surface area contributed by atoms with Gasteiger partial charge in [-0.15, -0.1) is 0 Å². The Balaban J connectivity index is 1.78. The van der Waals surface area contributed by atoms with E-state index in [0.29, 0.717) is 21.9 Å². The van der Waals surface area contributed by atoms with Crippen molar-refractivity contribution in [1.82, 2.24) is 9.88 Å². The van der Waals surface area contributed by atoms with E-state index in [1.807, 2.05) is 0 Å². The molecule has 6 nitrogen and oxygen atoms in total. The number of nitrogens with one attached hydrogen (secondary N) is 1. The van der Waals surface area contributed by atoms with Crippen LogP contribution in [0.15, 0.2) is 50.2 Å². The van der Waals surface area contributed by atoms with Crippen LogP contribution in [0.1, 0.15) is 5.76 Å². The highest BCUT2D eigenvalue weighted by molar-refractivity contribution is 6.31. The highest BCUT2D eigenvalue weighted by Crippen LogP contribution is 2.18. The van der Waals surface area contributed by atoms with Crippen molar-refractivity contribution in [2.24, 2.45) is 0 Å². The fourth-order valence-electron chi connectivity index (χ4n) is 1.98. The molecule has 1 aromatic carbocycles. The van der Waals surface area contributed by atoms with Gasteiger partial charge in [0.15, 0.2) is 5.58 Å². The van der Waals surface area contributed by atoms with E-state index < -0.39 is 5.76 Å². The molecule has 0 fully saturated rings. The number of halogens is 1. The van der Waals surface area contributed by atoms with Crippen molar-refractivity contribution in [1.29, 1.82) is 0 Å². The Morgan fingerprint density at radius 3 is 2.95 bits per heavy atom. The molecule has 0 atom stereocenters. The maximum absolute atomic E-state index is 11.9. The molecular weight excluding hydrogens is 296 g/mol. The van der Waals surface area contributed by atoms with E-state index in [2.05, 4.69) is 5.32 Å². The smallest absolute Gasteiger partial charge is 0.420 e. The van der Waals surface area contributed by atoms with Gasteiger partial charge in [-0.25, -0.2) is 4.79 Å². The van der Waals surface area contributed by atoms with Crippen LogP contribution in [0.4, 0.5) is 0 Å². The van der Waals surface area contributed by atoms with Crippen molar-refractivity contribution >= 4 is 28.6 Å². The van der Waals surface area contributed by atoms with E-state index in [0.717, 1.165) is 0 Å². The van der Waals surface area contributed by atoms with Gasteiger partial charge in [0, 0.05) is 5.02 Å². The van der Waals surface area contributed by atoms with Crippen molar-refractivity contribution in [2.75, 3.05) is 0 Å². The highest BCUT2D eigenvalue weighted by Gasteiger charge is 2.13. The van der Waals surface area contributed by atoms with Crippen LogP contribution in [0, 0.1) is 0 Å². The largest absolute Gasteiger partial charge is 0.467 e. The molecule has 0 unspecified atom stereocenters. The molecule has 0 saturated heterocycles. The van der Waals surface area contributed by atoms with Crippen LogP contribution >= 0.6 is 11.6 Å². The van der Waals surface area contributed by atoms with Gasteiger partial charge in [0.1, 0.15) is 12.3 Å². The second-order valence-corrected chi connectivity index (χ2v) is 4.86. The number of carbonyl (C=O) groups is 1. The number of amides is 1. The molecule has 3 rings (SSSR count). The molecule has 108 valence electrons. The maximum Gasteiger partial charge on any atom is 0.420 e. The molecule has 0 bridgehead atoms. The predicted molar refractivity (Wildman–Crippen MR) is 76.0 cm³/mol. The third-order valence-corrected chi connectivity index (χ3v) is 3.21. The molecule has 21 heavy (non-hydrogen) atoms. The molecule has 1 amide bonds. The van der Waals surface area contributed by atoms with Crippen LogP contribution in [0.3, 0.4) is 0 Å². The number of furan rings is 1. The number of nitrogens with zero attached hydrogens (tertiary/aromatic N) is 1. The van der Waals surface area contributed by atoms with Crippen LogP contribution in [0.5, 0.6) is 0 Å². The fraction of sp³-hybridized carbons (Fsp3) is 0.143. The van der Waals surface area contributed by atoms with Crippen LogP contribution in [-0.2, 0) is 17.9 Å². The van der Waals surface area contributed by atoms with E-state index in [1.54, 1.807) is 30.3 Å². The molecule has 0 spiro atoms. The van der Waals surface area contributed by atoms with E-state index in [1.165, 1.54) is 10.8 Å². The predicted octanol–water partition coefficient (Wildman–Crippen LogP) is 2.16. The van der Waals surface area contributed by atoms with Gasteiger partial charge in [-0.3, -0.25) is 9.36 Å². The summed E-state index contributed by atoms with van der Waals surface area (Å²) in [5.74, 6) is -0.285. The Morgan fingerprint density at radius 1 is 1.33 bits per heavy atom. The van der Waals surface area contributed by atoms with Gasteiger partial charge in [0.2, 0.25) is 5.91 Å². The van der Waals surface area contributed by atoms with Gasteiger partial charge >= 0.3 is 5.76 Å².